The van der Waals surface area contributed by atoms with Crippen molar-refractivity contribution in [3.05, 3.63) is 60.0 Å². The maximum Gasteiger partial charge on any atom is 0.229 e. The predicted octanol–water partition coefficient (Wildman–Crippen LogP) is 4.10. The van der Waals surface area contributed by atoms with Crippen LogP contribution in [0.5, 0.6) is 5.75 Å². The minimum absolute atomic E-state index is 0.0815. The number of aromatic nitrogens is 2. The number of aliphatic hydroxyl groups is 1. The Morgan fingerprint density at radius 2 is 1.94 bits per heavy atom. The van der Waals surface area contributed by atoms with Gasteiger partial charge in [-0.15, -0.1) is 0 Å². The number of hydrogen-bond acceptors (Lipinski definition) is 8. The molecule has 2 heterocycles. The van der Waals surface area contributed by atoms with Crippen molar-refractivity contribution in [1.82, 2.24) is 15.4 Å². The number of anilines is 5. The molecule has 32 heavy (non-hydrogen) atoms. The second-order valence-electron chi connectivity index (χ2n) is 7.74. The van der Waals surface area contributed by atoms with Gasteiger partial charge in [0.15, 0.2) is 11.6 Å². The number of nitrogens with one attached hydrogen (secondary N) is 3. The molecule has 0 fully saturated rings. The van der Waals surface area contributed by atoms with E-state index in [1.54, 1.807) is 0 Å². The summed E-state index contributed by atoms with van der Waals surface area (Å²) in [5, 5.41) is 17.2. The van der Waals surface area contributed by atoms with Crippen LogP contribution in [0.4, 0.5) is 33.2 Å². The summed E-state index contributed by atoms with van der Waals surface area (Å²) in [7, 11) is 0. The molecule has 2 aromatic carbocycles. The van der Waals surface area contributed by atoms with Crippen LogP contribution < -0.4 is 25.8 Å². The third kappa shape index (κ3) is 5.24. The van der Waals surface area contributed by atoms with Gasteiger partial charge in [0.2, 0.25) is 5.95 Å². The lowest BCUT2D eigenvalue weighted by atomic mass is 10.1. The van der Waals surface area contributed by atoms with Crippen LogP contribution in [0.15, 0.2) is 48.7 Å². The second-order valence-corrected chi connectivity index (χ2v) is 7.74. The number of rotatable bonds is 9. The molecule has 3 aromatic rings. The number of nitrogens with zero attached hydrogens (tertiary/aromatic N) is 3. The quantitative estimate of drug-likeness (QED) is 0.397. The van der Waals surface area contributed by atoms with E-state index < -0.39 is 5.82 Å². The molecular formula is C23H27FN6O2. The highest BCUT2D eigenvalue weighted by atomic mass is 19.1. The van der Waals surface area contributed by atoms with E-state index >= 15 is 0 Å². The zero-order valence-corrected chi connectivity index (χ0v) is 18.1. The van der Waals surface area contributed by atoms with Gasteiger partial charge in [-0.25, -0.2) is 14.8 Å². The average molecular weight is 439 g/mol. The third-order valence-corrected chi connectivity index (χ3v) is 4.86. The molecule has 0 amide bonds. The normalized spacial score (nSPS) is 12.7. The van der Waals surface area contributed by atoms with Gasteiger partial charge >= 0.3 is 0 Å². The summed E-state index contributed by atoms with van der Waals surface area (Å²) in [6, 6.07) is 13.2. The van der Waals surface area contributed by atoms with Crippen molar-refractivity contribution in [3.8, 4) is 5.75 Å². The fraction of sp³-hybridized carbons (Fsp3) is 0.304. The number of fused-ring (bicyclic) bond motifs is 1. The third-order valence-electron chi connectivity index (χ3n) is 4.86. The van der Waals surface area contributed by atoms with Crippen molar-refractivity contribution >= 4 is 28.8 Å². The predicted molar refractivity (Wildman–Crippen MR) is 123 cm³/mol. The monoisotopic (exact) mass is 438 g/mol. The van der Waals surface area contributed by atoms with Crippen molar-refractivity contribution in [2.24, 2.45) is 0 Å². The Labute approximate surface area is 186 Å². The van der Waals surface area contributed by atoms with Crippen LogP contribution in [0.25, 0.3) is 0 Å². The highest BCUT2D eigenvalue weighted by Gasteiger charge is 2.18. The molecule has 0 spiro atoms. The minimum atomic E-state index is -0.546. The average Bonchev–Trinajstić information content (AvgIpc) is 3.18. The summed E-state index contributed by atoms with van der Waals surface area (Å²) in [5.41, 5.74) is 7.00. The van der Waals surface area contributed by atoms with E-state index in [-0.39, 0.29) is 24.5 Å². The molecule has 0 radical (unpaired) electrons. The molecule has 0 unspecified atom stereocenters. The van der Waals surface area contributed by atoms with E-state index in [1.165, 1.54) is 0 Å². The number of halogens is 1. The topological polar surface area (TPSA) is 94.6 Å². The number of aliphatic hydroxyl groups excluding tert-OH is 1. The summed E-state index contributed by atoms with van der Waals surface area (Å²) >= 11 is 0. The Bertz CT molecular complexity index is 1060. The van der Waals surface area contributed by atoms with E-state index in [2.05, 4.69) is 26.0 Å². The van der Waals surface area contributed by atoms with Crippen LogP contribution in [0.1, 0.15) is 25.8 Å². The SMILES string of the molecule is CC(C)Oc1ccc(Nc2nc(Nc3ccc4c(c3)CNN4CCCO)ncc2F)cc1. The van der Waals surface area contributed by atoms with Gasteiger partial charge in [-0.1, -0.05) is 0 Å². The van der Waals surface area contributed by atoms with Gasteiger partial charge in [0, 0.05) is 31.1 Å². The number of ether oxygens (including phenoxy) is 1. The molecule has 1 aromatic heterocycles. The van der Waals surface area contributed by atoms with Crippen molar-refractivity contribution < 1.29 is 14.2 Å². The molecule has 0 saturated carbocycles. The van der Waals surface area contributed by atoms with E-state index in [1.807, 2.05) is 61.3 Å². The van der Waals surface area contributed by atoms with Gasteiger partial charge in [0.1, 0.15) is 5.75 Å². The molecule has 1 aliphatic rings. The summed E-state index contributed by atoms with van der Waals surface area (Å²) in [5.74, 6) is 0.572. The molecule has 1 aliphatic heterocycles. The number of benzene rings is 2. The maximum atomic E-state index is 14.3. The van der Waals surface area contributed by atoms with Crippen molar-refractivity contribution in [3.63, 3.8) is 0 Å². The molecule has 0 atom stereocenters. The Kier molecular flexibility index (Phi) is 6.67. The zero-order chi connectivity index (χ0) is 22.5. The molecule has 0 aliphatic carbocycles. The first-order valence-electron chi connectivity index (χ1n) is 10.6. The largest absolute Gasteiger partial charge is 0.491 e. The lowest BCUT2D eigenvalue weighted by Crippen LogP contribution is -2.33. The highest BCUT2D eigenvalue weighted by molar-refractivity contribution is 5.66. The van der Waals surface area contributed by atoms with E-state index in [0.29, 0.717) is 18.7 Å². The Hall–Kier alpha value is -3.43. The zero-order valence-electron chi connectivity index (χ0n) is 18.1. The van der Waals surface area contributed by atoms with Gasteiger partial charge in [-0.3, -0.25) is 0 Å². The molecule has 168 valence electrons. The van der Waals surface area contributed by atoms with Crippen molar-refractivity contribution in [2.45, 2.75) is 32.9 Å². The molecule has 9 heteroatoms. The van der Waals surface area contributed by atoms with Crippen LogP contribution >= 0.6 is 0 Å². The fourth-order valence-corrected chi connectivity index (χ4v) is 3.43. The van der Waals surface area contributed by atoms with Crippen molar-refractivity contribution in [2.75, 3.05) is 28.8 Å². The van der Waals surface area contributed by atoms with E-state index in [4.69, 9.17) is 9.84 Å². The van der Waals surface area contributed by atoms with Gasteiger partial charge < -0.3 is 25.5 Å². The minimum Gasteiger partial charge on any atom is -0.491 e. The molecule has 0 bridgehead atoms. The highest BCUT2D eigenvalue weighted by Crippen LogP contribution is 2.29. The fourth-order valence-electron chi connectivity index (χ4n) is 3.43. The smallest absolute Gasteiger partial charge is 0.229 e. The first-order valence-corrected chi connectivity index (χ1v) is 10.6. The molecule has 4 N–H and O–H groups in total. The van der Waals surface area contributed by atoms with Gasteiger partial charge in [-0.05, 0) is 68.3 Å². The van der Waals surface area contributed by atoms with Gasteiger partial charge in [-0.2, -0.15) is 4.98 Å². The number of hydrazine groups is 1. The van der Waals surface area contributed by atoms with Crippen LogP contribution in [0.2, 0.25) is 0 Å². The van der Waals surface area contributed by atoms with Crippen LogP contribution in [-0.4, -0.2) is 34.3 Å². The number of hydrogen-bond donors (Lipinski definition) is 4. The van der Waals surface area contributed by atoms with Crippen molar-refractivity contribution in [1.29, 1.82) is 0 Å². The molecular weight excluding hydrogens is 411 g/mol. The van der Waals surface area contributed by atoms with Crippen LogP contribution in [0, 0.1) is 5.82 Å². The summed E-state index contributed by atoms with van der Waals surface area (Å²) in [6.45, 7) is 5.51. The lowest BCUT2D eigenvalue weighted by molar-refractivity contribution is 0.242. The Morgan fingerprint density at radius 1 is 1.16 bits per heavy atom. The summed E-state index contributed by atoms with van der Waals surface area (Å²) in [6.07, 6.45) is 1.92. The maximum absolute atomic E-state index is 14.3. The van der Waals surface area contributed by atoms with E-state index in [9.17, 15) is 4.39 Å². The standard InChI is InChI=1S/C23H27FN6O2/c1-15(2)32-19-7-4-17(5-8-19)27-22-20(24)14-25-23(29-22)28-18-6-9-21-16(12-18)13-26-30(21)10-3-11-31/h4-9,12,14-15,26,31H,3,10-11,13H2,1-2H3,(H2,25,27,28,29). The van der Waals surface area contributed by atoms with Crippen LogP contribution in [-0.2, 0) is 6.54 Å². The second kappa shape index (κ2) is 9.80. The Morgan fingerprint density at radius 3 is 2.69 bits per heavy atom. The first kappa shape index (κ1) is 21.8. The van der Waals surface area contributed by atoms with Crippen LogP contribution in [0.3, 0.4) is 0 Å². The van der Waals surface area contributed by atoms with Gasteiger partial charge in [0.05, 0.1) is 18.0 Å². The summed E-state index contributed by atoms with van der Waals surface area (Å²) in [4.78, 5) is 8.35. The Balaban J connectivity index is 1.45. The molecule has 4 rings (SSSR count). The lowest BCUT2D eigenvalue weighted by Gasteiger charge is -2.18. The summed E-state index contributed by atoms with van der Waals surface area (Å²) < 4.78 is 19.9. The molecule has 8 nitrogen and oxygen atoms in total. The molecule has 0 saturated heterocycles. The first-order chi connectivity index (χ1) is 15.5. The van der Waals surface area contributed by atoms with E-state index in [0.717, 1.165) is 35.4 Å². The van der Waals surface area contributed by atoms with Gasteiger partial charge in [0.25, 0.3) is 0 Å².